The molecule has 0 saturated heterocycles. The first-order valence-electron chi connectivity index (χ1n) is 7.84. The molecule has 1 N–H and O–H groups in total. The van der Waals surface area contributed by atoms with Gasteiger partial charge in [-0.15, -0.1) is 11.3 Å². The van der Waals surface area contributed by atoms with E-state index in [1.54, 1.807) is 23.5 Å². The monoisotopic (exact) mass is 355 g/mol. The number of nitrogens with one attached hydrogen (secondary N) is 1. The number of rotatable bonds is 4. The maximum Gasteiger partial charge on any atom is 0.248 e. The third kappa shape index (κ3) is 3.37. The summed E-state index contributed by atoms with van der Waals surface area (Å²) >= 11 is 7.99. The van der Waals surface area contributed by atoms with Gasteiger partial charge in [-0.05, 0) is 36.6 Å². The average Bonchev–Trinajstić information content (AvgIpc) is 2.91. The van der Waals surface area contributed by atoms with Gasteiger partial charge in [0.1, 0.15) is 0 Å². The highest BCUT2D eigenvalue weighted by atomic mass is 35.5. The molecule has 0 aliphatic heterocycles. The van der Waals surface area contributed by atoms with Crippen LogP contribution in [0.15, 0.2) is 48.5 Å². The van der Waals surface area contributed by atoms with Crippen molar-refractivity contribution in [3.05, 3.63) is 69.6 Å². The van der Waals surface area contributed by atoms with E-state index in [1.165, 1.54) is 0 Å². The van der Waals surface area contributed by atoms with Crippen molar-refractivity contribution in [3.8, 4) is 0 Å². The number of para-hydroxylation sites is 1. The molecule has 0 radical (unpaired) electrons. The van der Waals surface area contributed by atoms with Crippen molar-refractivity contribution in [3.63, 3.8) is 0 Å². The number of fused-ring (bicyclic) bond motifs is 1. The molecule has 3 rings (SSSR count). The van der Waals surface area contributed by atoms with Crippen LogP contribution in [-0.4, -0.2) is 5.91 Å². The first-order chi connectivity index (χ1) is 11.6. The summed E-state index contributed by atoms with van der Waals surface area (Å²) in [5.41, 5.74) is 3.10. The fourth-order valence-corrected chi connectivity index (χ4v) is 4.06. The minimum absolute atomic E-state index is 0.146. The van der Waals surface area contributed by atoms with Gasteiger partial charge in [0.15, 0.2) is 0 Å². The lowest BCUT2D eigenvalue weighted by atomic mass is 10.1. The van der Waals surface area contributed by atoms with Crippen LogP contribution in [0.4, 0.5) is 5.69 Å². The number of aryl methyl sites for hydroxylation is 2. The highest BCUT2D eigenvalue weighted by Crippen LogP contribution is 2.35. The number of amides is 1. The Morgan fingerprint density at radius 1 is 1.21 bits per heavy atom. The van der Waals surface area contributed by atoms with Crippen molar-refractivity contribution in [2.24, 2.45) is 0 Å². The van der Waals surface area contributed by atoms with E-state index in [0.29, 0.717) is 5.02 Å². The quantitative estimate of drug-likeness (QED) is 0.565. The first-order valence-corrected chi connectivity index (χ1v) is 9.04. The van der Waals surface area contributed by atoms with Gasteiger partial charge in [0.05, 0.1) is 5.02 Å². The minimum atomic E-state index is -0.146. The summed E-state index contributed by atoms with van der Waals surface area (Å²) in [6.45, 7) is 4.08. The molecule has 0 aliphatic carbocycles. The van der Waals surface area contributed by atoms with Crippen molar-refractivity contribution in [1.29, 1.82) is 0 Å². The van der Waals surface area contributed by atoms with Crippen LogP contribution in [0.2, 0.25) is 5.02 Å². The summed E-state index contributed by atoms with van der Waals surface area (Å²) in [6, 6.07) is 14.0. The molecule has 0 unspecified atom stereocenters. The van der Waals surface area contributed by atoms with Crippen LogP contribution in [0.3, 0.4) is 0 Å². The van der Waals surface area contributed by atoms with Crippen LogP contribution < -0.4 is 5.32 Å². The zero-order valence-corrected chi connectivity index (χ0v) is 15.2. The van der Waals surface area contributed by atoms with E-state index in [1.807, 2.05) is 49.4 Å². The zero-order chi connectivity index (χ0) is 17.1. The van der Waals surface area contributed by atoms with Gasteiger partial charge in [0, 0.05) is 26.7 Å². The van der Waals surface area contributed by atoms with E-state index >= 15 is 0 Å². The number of anilines is 1. The molecule has 0 spiro atoms. The van der Waals surface area contributed by atoms with Gasteiger partial charge >= 0.3 is 0 Å². The molecular weight excluding hydrogens is 338 g/mol. The Labute approximate surface area is 150 Å². The minimum Gasteiger partial charge on any atom is -0.322 e. The van der Waals surface area contributed by atoms with Gasteiger partial charge in [0.25, 0.3) is 0 Å². The normalized spacial score (nSPS) is 11.3. The smallest absolute Gasteiger partial charge is 0.248 e. The molecule has 0 aliphatic rings. The van der Waals surface area contributed by atoms with E-state index in [0.717, 1.165) is 38.2 Å². The number of halogens is 1. The summed E-state index contributed by atoms with van der Waals surface area (Å²) in [7, 11) is 0. The van der Waals surface area contributed by atoms with E-state index in [-0.39, 0.29) is 5.91 Å². The number of thiophene rings is 1. The summed E-state index contributed by atoms with van der Waals surface area (Å²) < 4.78 is 1.12. The van der Waals surface area contributed by atoms with Crippen LogP contribution in [0.5, 0.6) is 0 Å². The van der Waals surface area contributed by atoms with E-state index in [2.05, 4.69) is 12.2 Å². The summed E-state index contributed by atoms with van der Waals surface area (Å²) in [6.07, 6.45) is 4.21. The molecule has 24 heavy (non-hydrogen) atoms. The Morgan fingerprint density at radius 2 is 2.00 bits per heavy atom. The molecule has 0 atom stereocenters. The van der Waals surface area contributed by atoms with Gasteiger partial charge in [-0.2, -0.15) is 0 Å². The van der Waals surface area contributed by atoms with E-state index in [9.17, 15) is 4.79 Å². The van der Waals surface area contributed by atoms with Crippen molar-refractivity contribution < 1.29 is 4.79 Å². The fraction of sp³-hybridized carbons (Fsp3) is 0.150. The molecule has 0 saturated carbocycles. The number of carbonyl (C=O) groups is 1. The van der Waals surface area contributed by atoms with Crippen molar-refractivity contribution in [1.82, 2.24) is 0 Å². The van der Waals surface area contributed by atoms with E-state index < -0.39 is 0 Å². The summed E-state index contributed by atoms with van der Waals surface area (Å²) in [5.74, 6) is -0.146. The van der Waals surface area contributed by atoms with Gasteiger partial charge < -0.3 is 5.32 Å². The van der Waals surface area contributed by atoms with Gasteiger partial charge in [0.2, 0.25) is 5.91 Å². The lowest BCUT2D eigenvalue weighted by Gasteiger charge is -2.11. The van der Waals surface area contributed by atoms with Crippen LogP contribution in [0, 0.1) is 6.92 Å². The molecule has 2 aromatic carbocycles. The van der Waals surface area contributed by atoms with Crippen LogP contribution in [0.25, 0.3) is 16.2 Å². The second-order valence-electron chi connectivity index (χ2n) is 5.56. The number of hydrogen-bond donors (Lipinski definition) is 1. The first kappa shape index (κ1) is 16.7. The summed E-state index contributed by atoms with van der Waals surface area (Å²) in [5, 5.41) is 4.71. The number of carbonyl (C=O) groups excluding carboxylic acids is 1. The molecule has 0 bridgehead atoms. The number of hydrogen-bond acceptors (Lipinski definition) is 2. The zero-order valence-electron chi connectivity index (χ0n) is 13.6. The molecule has 2 nitrogen and oxygen atoms in total. The molecule has 1 amide bonds. The third-order valence-electron chi connectivity index (χ3n) is 3.93. The second-order valence-corrected chi connectivity index (χ2v) is 7.02. The summed E-state index contributed by atoms with van der Waals surface area (Å²) in [4.78, 5) is 13.2. The molecule has 0 fully saturated rings. The van der Waals surface area contributed by atoms with Crippen LogP contribution in [0.1, 0.15) is 22.9 Å². The Kier molecular flexibility index (Phi) is 5.03. The maximum absolute atomic E-state index is 12.3. The molecule has 1 aromatic heterocycles. The molecule has 4 heteroatoms. The topological polar surface area (TPSA) is 29.1 Å². The fourth-order valence-electron chi connectivity index (χ4n) is 2.66. The highest BCUT2D eigenvalue weighted by Gasteiger charge is 2.09. The van der Waals surface area contributed by atoms with E-state index in [4.69, 9.17) is 11.6 Å². The largest absolute Gasteiger partial charge is 0.322 e. The molecule has 1 heterocycles. The van der Waals surface area contributed by atoms with Crippen molar-refractivity contribution in [2.45, 2.75) is 20.3 Å². The molecular formula is C20H18ClNOS. The average molecular weight is 356 g/mol. The maximum atomic E-state index is 12.3. The SMILES string of the molecule is CCc1cccc(C)c1NC(=O)/C=C/c1sc2ccccc2c1Cl. The molecule has 122 valence electrons. The second kappa shape index (κ2) is 7.20. The van der Waals surface area contributed by atoms with Gasteiger partial charge in [-0.25, -0.2) is 0 Å². The molecule has 3 aromatic rings. The lowest BCUT2D eigenvalue weighted by Crippen LogP contribution is -2.10. The Hall–Kier alpha value is -2.10. The van der Waals surface area contributed by atoms with Crippen molar-refractivity contribution in [2.75, 3.05) is 5.32 Å². The predicted molar refractivity (Wildman–Crippen MR) is 105 cm³/mol. The van der Waals surface area contributed by atoms with Crippen LogP contribution in [-0.2, 0) is 11.2 Å². The van der Waals surface area contributed by atoms with Gasteiger partial charge in [-0.1, -0.05) is 54.9 Å². The standard InChI is InChI=1S/C20H18ClNOS/c1-3-14-8-6-7-13(2)20(14)22-18(23)12-11-17-19(21)15-9-4-5-10-16(15)24-17/h4-12H,3H2,1-2H3,(H,22,23)/b12-11+. The third-order valence-corrected chi connectivity index (χ3v) is 5.59. The Bertz CT molecular complexity index is 927. The van der Waals surface area contributed by atoms with Gasteiger partial charge in [-0.3, -0.25) is 4.79 Å². The lowest BCUT2D eigenvalue weighted by molar-refractivity contribution is -0.111. The predicted octanol–water partition coefficient (Wildman–Crippen LogP) is 6.08. The Morgan fingerprint density at radius 3 is 2.75 bits per heavy atom. The highest BCUT2D eigenvalue weighted by molar-refractivity contribution is 7.20. The van der Waals surface area contributed by atoms with Crippen LogP contribution >= 0.6 is 22.9 Å². The number of benzene rings is 2. The van der Waals surface area contributed by atoms with Crippen molar-refractivity contribution >= 4 is 50.7 Å². The Balaban J connectivity index is 1.82.